The monoisotopic (exact) mass is 391 g/mol. The molecule has 142 valence electrons. The van der Waals surface area contributed by atoms with Crippen molar-refractivity contribution in [1.29, 1.82) is 0 Å². The fourth-order valence-electron chi connectivity index (χ4n) is 3.13. The maximum absolute atomic E-state index is 9.59. The number of rotatable bonds is 7. The molecule has 1 N–H and O–H groups in total. The quantitative estimate of drug-likeness (QED) is 0.502. The lowest BCUT2D eigenvalue weighted by atomic mass is 10.1. The highest BCUT2D eigenvalue weighted by Gasteiger charge is 2.15. The van der Waals surface area contributed by atoms with Gasteiger partial charge in [-0.15, -0.1) is 21.5 Å². The van der Waals surface area contributed by atoms with Crippen LogP contribution in [0.5, 0.6) is 11.5 Å². The van der Waals surface area contributed by atoms with Crippen LogP contribution in [0.1, 0.15) is 16.3 Å². The highest BCUT2D eigenvalue weighted by Crippen LogP contribution is 2.24. The minimum atomic E-state index is 0.242. The van der Waals surface area contributed by atoms with Gasteiger partial charge in [-0.3, -0.25) is 0 Å². The van der Waals surface area contributed by atoms with Gasteiger partial charge < -0.3 is 14.4 Å². The van der Waals surface area contributed by atoms with Crippen molar-refractivity contribution in [3.8, 4) is 22.9 Å². The second kappa shape index (κ2) is 8.27. The number of benzene rings is 2. The van der Waals surface area contributed by atoms with Crippen LogP contribution >= 0.6 is 11.3 Å². The number of phenolic OH excluding ortho intramolecular Hbond substituents is 1. The third-order valence-electron chi connectivity index (χ3n) is 4.65. The number of thiophene rings is 1. The number of ether oxygens (including phenoxy) is 1. The molecule has 2 aromatic carbocycles. The van der Waals surface area contributed by atoms with E-state index in [0.717, 1.165) is 42.3 Å². The first-order chi connectivity index (χ1) is 13.7. The lowest BCUT2D eigenvalue weighted by molar-refractivity contribution is 0.414. The molecule has 28 heavy (non-hydrogen) atoms. The number of aromatic nitrogens is 3. The molecule has 0 spiro atoms. The number of aromatic hydroxyl groups is 1. The molecule has 4 aromatic rings. The van der Waals surface area contributed by atoms with Gasteiger partial charge in [-0.1, -0.05) is 18.2 Å². The van der Waals surface area contributed by atoms with Crippen molar-refractivity contribution in [1.82, 2.24) is 14.8 Å². The molecule has 0 saturated carbocycles. The Labute approximate surface area is 167 Å². The van der Waals surface area contributed by atoms with Gasteiger partial charge in [0.1, 0.15) is 17.3 Å². The summed E-state index contributed by atoms with van der Waals surface area (Å²) >= 11 is 1.72. The zero-order valence-corrected chi connectivity index (χ0v) is 16.4. The fourth-order valence-corrected chi connectivity index (χ4v) is 3.83. The van der Waals surface area contributed by atoms with Crippen LogP contribution in [0.15, 0.2) is 66.0 Å². The number of methoxy groups -OCH3 is 1. The molecule has 0 radical (unpaired) electrons. The maximum atomic E-state index is 9.59. The van der Waals surface area contributed by atoms with Gasteiger partial charge in [0.2, 0.25) is 0 Å². The standard InChI is InChI=1S/C22H21N3O2S/c1-27-19-10-4-16(5-11-19)12-13-25-21(15-20-3-2-14-28-20)23-24-22(25)17-6-8-18(26)9-7-17/h2-11,14,26H,12-13,15H2,1H3. The highest BCUT2D eigenvalue weighted by molar-refractivity contribution is 7.09. The highest BCUT2D eigenvalue weighted by atomic mass is 32.1. The van der Waals surface area contributed by atoms with E-state index in [9.17, 15) is 5.11 Å². The average Bonchev–Trinajstić information content (AvgIpc) is 3.38. The van der Waals surface area contributed by atoms with Gasteiger partial charge in [0.25, 0.3) is 0 Å². The smallest absolute Gasteiger partial charge is 0.163 e. The van der Waals surface area contributed by atoms with Crippen LogP contribution in [0.3, 0.4) is 0 Å². The molecular formula is C22H21N3O2S. The summed E-state index contributed by atoms with van der Waals surface area (Å²) < 4.78 is 7.42. The Morgan fingerprint density at radius 3 is 2.46 bits per heavy atom. The lowest BCUT2D eigenvalue weighted by Crippen LogP contribution is -2.08. The van der Waals surface area contributed by atoms with E-state index in [4.69, 9.17) is 4.74 Å². The van der Waals surface area contributed by atoms with Crippen molar-refractivity contribution in [3.05, 3.63) is 82.3 Å². The van der Waals surface area contributed by atoms with Gasteiger partial charge in [-0.2, -0.15) is 0 Å². The molecule has 0 atom stereocenters. The van der Waals surface area contributed by atoms with E-state index in [1.54, 1.807) is 30.6 Å². The zero-order chi connectivity index (χ0) is 19.3. The molecule has 6 heteroatoms. The van der Waals surface area contributed by atoms with Gasteiger partial charge in [0.05, 0.1) is 7.11 Å². The van der Waals surface area contributed by atoms with Crippen molar-refractivity contribution in [2.45, 2.75) is 19.4 Å². The molecule has 2 heterocycles. The van der Waals surface area contributed by atoms with Crippen LogP contribution in [-0.2, 0) is 19.4 Å². The molecule has 0 aliphatic heterocycles. The first-order valence-electron chi connectivity index (χ1n) is 9.10. The topological polar surface area (TPSA) is 60.2 Å². The minimum absolute atomic E-state index is 0.242. The average molecular weight is 391 g/mol. The summed E-state index contributed by atoms with van der Waals surface area (Å²) in [4.78, 5) is 1.26. The lowest BCUT2D eigenvalue weighted by Gasteiger charge is -2.11. The van der Waals surface area contributed by atoms with Crippen LogP contribution < -0.4 is 4.74 Å². The SMILES string of the molecule is COc1ccc(CCn2c(Cc3cccs3)nnc2-c2ccc(O)cc2)cc1. The van der Waals surface area contributed by atoms with Crippen molar-refractivity contribution in [2.24, 2.45) is 0 Å². The van der Waals surface area contributed by atoms with E-state index in [1.165, 1.54) is 10.4 Å². The van der Waals surface area contributed by atoms with E-state index < -0.39 is 0 Å². The molecule has 0 amide bonds. The molecule has 4 rings (SSSR count). The predicted molar refractivity (Wildman–Crippen MR) is 111 cm³/mol. The Kier molecular flexibility index (Phi) is 5.39. The summed E-state index contributed by atoms with van der Waals surface area (Å²) in [6, 6.07) is 19.4. The number of nitrogens with zero attached hydrogens (tertiary/aromatic N) is 3. The van der Waals surface area contributed by atoms with Crippen LogP contribution in [0.4, 0.5) is 0 Å². The van der Waals surface area contributed by atoms with Gasteiger partial charge in [0.15, 0.2) is 5.82 Å². The van der Waals surface area contributed by atoms with E-state index in [1.807, 2.05) is 24.3 Å². The normalized spacial score (nSPS) is 10.9. The van der Waals surface area contributed by atoms with Gasteiger partial charge >= 0.3 is 0 Å². The van der Waals surface area contributed by atoms with Crippen molar-refractivity contribution in [2.75, 3.05) is 7.11 Å². The third-order valence-corrected chi connectivity index (χ3v) is 5.52. The second-order valence-corrected chi connectivity index (χ2v) is 7.52. The van der Waals surface area contributed by atoms with Crippen LogP contribution in [0, 0.1) is 0 Å². The number of aryl methyl sites for hydroxylation is 1. The Bertz CT molecular complexity index is 1020. The molecule has 0 bridgehead atoms. The molecule has 5 nitrogen and oxygen atoms in total. The summed E-state index contributed by atoms with van der Waals surface area (Å²) in [6.07, 6.45) is 1.62. The minimum Gasteiger partial charge on any atom is -0.508 e. The van der Waals surface area contributed by atoms with E-state index >= 15 is 0 Å². The number of hydrogen-bond donors (Lipinski definition) is 1. The van der Waals surface area contributed by atoms with Crippen LogP contribution in [0.2, 0.25) is 0 Å². The van der Waals surface area contributed by atoms with Crippen LogP contribution in [0.25, 0.3) is 11.4 Å². The number of phenols is 1. The predicted octanol–water partition coefficient (Wildman–Crippen LogP) is 4.55. The summed E-state index contributed by atoms with van der Waals surface area (Å²) in [6.45, 7) is 0.774. The third kappa shape index (κ3) is 4.07. The summed E-state index contributed by atoms with van der Waals surface area (Å²) in [7, 11) is 1.67. The molecule has 0 fully saturated rings. The van der Waals surface area contributed by atoms with E-state index in [-0.39, 0.29) is 5.75 Å². The summed E-state index contributed by atoms with van der Waals surface area (Å²) in [5, 5.41) is 20.6. The maximum Gasteiger partial charge on any atom is 0.163 e. The molecule has 2 aromatic heterocycles. The molecule has 0 aliphatic rings. The van der Waals surface area contributed by atoms with Gasteiger partial charge in [-0.05, 0) is 59.8 Å². The van der Waals surface area contributed by atoms with E-state index in [0.29, 0.717) is 0 Å². The van der Waals surface area contributed by atoms with Crippen LogP contribution in [-0.4, -0.2) is 27.0 Å². The Hall–Kier alpha value is -3.12. The first-order valence-corrected chi connectivity index (χ1v) is 9.97. The largest absolute Gasteiger partial charge is 0.508 e. The molecular weight excluding hydrogens is 370 g/mol. The van der Waals surface area contributed by atoms with E-state index in [2.05, 4.69) is 44.4 Å². The summed E-state index contributed by atoms with van der Waals surface area (Å²) in [5.41, 5.74) is 2.17. The fraction of sp³-hybridized carbons (Fsp3) is 0.182. The number of hydrogen-bond acceptors (Lipinski definition) is 5. The van der Waals surface area contributed by atoms with Crippen molar-refractivity contribution >= 4 is 11.3 Å². The Morgan fingerprint density at radius 1 is 1.00 bits per heavy atom. The Balaban J connectivity index is 1.62. The molecule has 0 unspecified atom stereocenters. The van der Waals surface area contributed by atoms with Crippen molar-refractivity contribution in [3.63, 3.8) is 0 Å². The Morgan fingerprint density at radius 2 is 1.79 bits per heavy atom. The van der Waals surface area contributed by atoms with Gasteiger partial charge in [0, 0.05) is 23.4 Å². The molecule has 0 aliphatic carbocycles. The van der Waals surface area contributed by atoms with Crippen molar-refractivity contribution < 1.29 is 9.84 Å². The van der Waals surface area contributed by atoms with Gasteiger partial charge in [-0.25, -0.2) is 0 Å². The second-order valence-electron chi connectivity index (χ2n) is 6.49. The zero-order valence-electron chi connectivity index (χ0n) is 15.6. The molecule has 0 saturated heterocycles. The summed E-state index contributed by atoms with van der Waals surface area (Å²) in [5.74, 6) is 2.86. The first kappa shape index (κ1) is 18.3.